The molecule has 1 aliphatic heterocycles. The summed E-state index contributed by atoms with van der Waals surface area (Å²) >= 11 is 6.51. The van der Waals surface area contributed by atoms with E-state index in [0.29, 0.717) is 35.3 Å². The number of carbonyl (C=O) groups is 1. The predicted octanol–water partition coefficient (Wildman–Crippen LogP) is 2.73. The highest BCUT2D eigenvalue weighted by molar-refractivity contribution is 6.38. The zero-order valence-electron chi connectivity index (χ0n) is 14.5. The molecule has 0 spiro atoms. The molecule has 0 unspecified atom stereocenters. The van der Waals surface area contributed by atoms with Gasteiger partial charge in [-0.3, -0.25) is 4.79 Å². The highest BCUT2D eigenvalue weighted by Crippen LogP contribution is 2.36. The van der Waals surface area contributed by atoms with Crippen LogP contribution in [0.3, 0.4) is 0 Å². The van der Waals surface area contributed by atoms with E-state index in [-0.39, 0.29) is 12.5 Å². The number of aromatic nitrogens is 3. The molecule has 0 radical (unpaired) electrons. The first-order valence-corrected chi connectivity index (χ1v) is 8.93. The lowest BCUT2D eigenvalue weighted by Gasteiger charge is -2.22. The third-order valence-electron chi connectivity index (χ3n) is 4.86. The highest BCUT2D eigenvalue weighted by atomic mass is 35.5. The van der Waals surface area contributed by atoms with Crippen molar-refractivity contribution in [3.63, 3.8) is 0 Å². The van der Waals surface area contributed by atoms with Gasteiger partial charge in [0.25, 0.3) is 5.91 Å². The fourth-order valence-corrected chi connectivity index (χ4v) is 3.90. The van der Waals surface area contributed by atoms with Crippen molar-refractivity contribution >= 4 is 28.4 Å². The van der Waals surface area contributed by atoms with Crippen molar-refractivity contribution < 1.29 is 14.3 Å². The Hall–Kier alpha value is -2.38. The van der Waals surface area contributed by atoms with Crippen LogP contribution in [0.4, 0.5) is 0 Å². The lowest BCUT2D eigenvalue weighted by Crippen LogP contribution is -2.33. The second-order valence-corrected chi connectivity index (χ2v) is 6.87. The van der Waals surface area contributed by atoms with Gasteiger partial charge in [0.2, 0.25) is 11.8 Å². The Balaban J connectivity index is 1.75. The van der Waals surface area contributed by atoms with Crippen LogP contribution >= 0.6 is 11.6 Å². The smallest absolute Gasteiger partial charge is 0.272 e. The summed E-state index contributed by atoms with van der Waals surface area (Å²) in [6.45, 7) is 2.12. The fraction of sp³-hybridized carbons (Fsp3) is 0.389. The van der Waals surface area contributed by atoms with Gasteiger partial charge in [0.05, 0.1) is 11.1 Å². The van der Waals surface area contributed by atoms with Gasteiger partial charge < -0.3 is 19.0 Å². The molecular weight excluding hydrogens is 356 g/mol. The number of benzene rings is 1. The number of hydrogen-bond acceptors (Lipinski definition) is 5. The summed E-state index contributed by atoms with van der Waals surface area (Å²) in [5, 5.41) is 19.4. The number of halogens is 1. The van der Waals surface area contributed by atoms with E-state index in [1.165, 1.54) is 0 Å². The second kappa shape index (κ2) is 6.41. The van der Waals surface area contributed by atoms with Crippen LogP contribution in [0.5, 0.6) is 0 Å². The molecule has 0 aliphatic carbocycles. The molecule has 1 saturated heterocycles. The fourth-order valence-electron chi connectivity index (χ4n) is 3.54. The third-order valence-corrected chi connectivity index (χ3v) is 5.24. The number of para-hydroxylation sites is 1. The molecule has 1 aromatic carbocycles. The van der Waals surface area contributed by atoms with Crippen molar-refractivity contribution in [2.24, 2.45) is 7.05 Å². The van der Waals surface area contributed by atoms with Crippen LogP contribution in [0.25, 0.3) is 10.9 Å². The minimum Gasteiger partial charge on any atom is -0.423 e. The minimum absolute atomic E-state index is 0.200. The first-order chi connectivity index (χ1) is 12.5. The van der Waals surface area contributed by atoms with Gasteiger partial charge in [-0.05, 0) is 6.07 Å². The molecule has 1 fully saturated rings. The van der Waals surface area contributed by atoms with Crippen LogP contribution in [0.2, 0.25) is 5.02 Å². The number of β-amino-alcohol motifs (C(OH)–C–C–N with tert-alkyl or cyclic N) is 1. The van der Waals surface area contributed by atoms with E-state index in [2.05, 4.69) is 10.2 Å². The standard InChI is InChI=1S/C18H19ClN4O3/c1-3-14-20-21-17(26-14)13-8-10(24)9-23(13)18(25)16-15(19)11-6-4-5-7-12(11)22(16)2/h4-7,10,13,24H,3,8-9H2,1-2H3/t10-,13-/m1/s1. The molecule has 26 heavy (non-hydrogen) atoms. The van der Waals surface area contributed by atoms with Gasteiger partial charge in [0.1, 0.15) is 11.7 Å². The SMILES string of the molecule is CCc1nnc([C@H]2C[C@@H](O)CN2C(=O)c2c(Cl)c3ccccc3n2C)o1. The monoisotopic (exact) mass is 374 g/mol. The Morgan fingerprint density at radius 3 is 2.85 bits per heavy atom. The number of amides is 1. The third kappa shape index (κ3) is 2.59. The molecule has 1 N–H and O–H groups in total. The number of aryl methyl sites for hydroxylation is 2. The molecule has 0 bridgehead atoms. The largest absolute Gasteiger partial charge is 0.423 e. The lowest BCUT2D eigenvalue weighted by molar-refractivity contribution is 0.0688. The summed E-state index contributed by atoms with van der Waals surface area (Å²) in [4.78, 5) is 14.9. The summed E-state index contributed by atoms with van der Waals surface area (Å²) in [6, 6.07) is 7.13. The molecule has 1 amide bonds. The molecule has 3 heterocycles. The van der Waals surface area contributed by atoms with E-state index in [1.807, 2.05) is 38.2 Å². The zero-order valence-corrected chi connectivity index (χ0v) is 15.3. The van der Waals surface area contributed by atoms with Crippen LogP contribution in [0.15, 0.2) is 28.7 Å². The first kappa shape index (κ1) is 17.1. The summed E-state index contributed by atoms with van der Waals surface area (Å²) in [5.41, 5.74) is 1.27. The molecule has 0 saturated carbocycles. The Morgan fingerprint density at radius 1 is 1.38 bits per heavy atom. The van der Waals surface area contributed by atoms with E-state index in [1.54, 1.807) is 9.47 Å². The quantitative estimate of drug-likeness (QED) is 0.762. The minimum atomic E-state index is -0.644. The summed E-state index contributed by atoms with van der Waals surface area (Å²) in [5.74, 6) is 0.601. The van der Waals surface area contributed by atoms with Gasteiger partial charge >= 0.3 is 0 Å². The maximum absolute atomic E-state index is 13.3. The maximum Gasteiger partial charge on any atom is 0.272 e. The van der Waals surface area contributed by atoms with Crippen molar-refractivity contribution in [3.05, 3.63) is 46.8 Å². The second-order valence-electron chi connectivity index (χ2n) is 6.49. The van der Waals surface area contributed by atoms with Gasteiger partial charge in [-0.1, -0.05) is 36.7 Å². The number of aliphatic hydroxyl groups excluding tert-OH is 1. The molecule has 1 aliphatic rings. The molecule has 2 atom stereocenters. The van der Waals surface area contributed by atoms with Crippen LogP contribution in [0.1, 0.15) is 41.7 Å². The van der Waals surface area contributed by atoms with E-state index >= 15 is 0 Å². The van der Waals surface area contributed by atoms with Crippen molar-refractivity contribution in [1.82, 2.24) is 19.7 Å². The number of aliphatic hydroxyl groups is 1. The van der Waals surface area contributed by atoms with Crippen LogP contribution in [0, 0.1) is 0 Å². The Labute approximate surface area is 155 Å². The van der Waals surface area contributed by atoms with Gasteiger partial charge in [0, 0.05) is 37.3 Å². The Bertz CT molecular complexity index is 941. The average Bonchev–Trinajstić information content (AvgIpc) is 3.32. The molecule has 2 aromatic heterocycles. The topological polar surface area (TPSA) is 84.4 Å². The Kier molecular flexibility index (Phi) is 4.20. The number of rotatable bonds is 3. The number of hydrogen-bond donors (Lipinski definition) is 1. The molecule has 4 rings (SSSR count). The molecule has 3 aromatic rings. The van der Waals surface area contributed by atoms with Crippen LogP contribution < -0.4 is 0 Å². The average molecular weight is 375 g/mol. The summed E-state index contributed by atoms with van der Waals surface area (Å²) in [6.07, 6.45) is 0.332. The van der Waals surface area contributed by atoms with Crippen molar-refractivity contribution in [2.45, 2.75) is 31.9 Å². The van der Waals surface area contributed by atoms with E-state index in [4.69, 9.17) is 16.0 Å². The lowest BCUT2D eigenvalue weighted by atomic mass is 10.2. The van der Waals surface area contributed by atoms with Gasteiger partial charge in [-0.25, -0.2) is 0 Å². The van der Waals surface area contributed by atoms with Gasteiger partial charge in [0.15, 0.2) is 0 Å². The maximum atomic E-state index is 13.3. The molecule has 8 heteroatoms. The van der Waals surface area contributed by atoms with Crippen molar-refractivity contribution in [2.75, 3.05) is 6.54 Å². The van der Waals surface area contributed by atoms with Gasteiger partial charge in [-0.15, -0.1) is 10.2 Å². The Morgan fingerprint density at radius 2 is 2.15 bits per heavy atom. The van der Waals surface area contributed by atoms with E-state index < -0.39 is 12.1 Å². The number of likely N-dealkylation sites (tertiary alicyclic amines) is 1. The van der Waals surface area contributed by atoms with Crippen LogP contribution in [-0.2, 0) is 13.5 Å². The number of fused-ring (bicyclic) bond motifs is 1. The first-order valence-electron chi connectivity index (χ1n) is 8.55. The van der Waals surface area contributed by atoms with Crippen LogP contribution in [-0.4, -0.2) is 43.3 Å². The van der Waals surface area contributed by atoms with Gasteiger partial charge in [-0.2, -0.15) is 0 Å². The highest BCUT2D eigenvalue weighted by Gasteiger charge is 2.40. The zero-order chi connectivity index (χ0) is 18.4. The van der Waals surface area contributed by atoms with E-state index in [9.17, 15) is 9.90 Å². The predicted molar refractivity (Wildman–Crippen MR) is 96.0 cm³/mol. The number of carbonyl (C=O) groups excluding carboxylic acids is 1. The van der Waals surface area contributed by atoms with Crippen molar-refractivity contribution in [3.8, 4) is 0 Å². The molecular formula is C18H19ClN4O3. The number of nitrogens with zero attached hydrogens (tertiary/aromatic N) is 4. The molecule has 136 valence electrons. The summed E-state index contributed by atoms with van der Waals surface area (Å²) in [7, 11) is 1.81. The van der Waals surface area contributed by atoms with E-state index in [0.717, 1.165) is 10.9 Å². The summed E-state index contributed by atoms with van der Waals surface area (Å²) < 4.78 is 7.42. The van der Waals surface area contributed by atoms with Crippen molar-refractivity contribution in [1.29, 1.82) is 0 Å². The normalized spacial score (nSPS) is 20.2. The molecule has 7 nitrogen and oxygen atoms in total.